The van der Waals surface area contributed by atoms with Gasteiger partial charge in [-0.1, -0.05) is 0 Å². The Balaban J connectivity index is 3.80. The summed E-state index contributed by atoms with van der Waals surface area (Å²) in [4.78, 5) is 9.23. The number of thiol groups is 1. The van der Waals surface area contributed by atoms with Gasteiger partial charge in [-0.25, -0.2) is 0 Å². The van der Waals surface area contributed by atoms with Gasteiger partial charge in [-0.2, -0.15) is 25.8 Å². The molecule has 1 radical (unpaired) electrons. The van der Waals surface area contributed by atoms with Crippen molar-refractivity contribution >= 4 is 18.9 Å². The van der Waals surface area contributed by atoms with E-state index in [1.54, 1.807) is 0 Å². The Kier molecular flexibility index (Phi) is 2.33. The van der Waals surface area contributed by atoms with E-state index in [0.29, 0.717) is 6.29 Å². The molecule has 0 fully saturated rings. The van der Waals surface area contributed by atoms with Crippen molar-refractivity contribution in [1.29, 1.82) is 0 Å². The van der Waals surface area contributed by atoms with Crippen molar-refractivity contribution in [3.8, 4) is 0 Å². The Bertz CT molecular complexity index is 89.0. The fraction of sp³-hybridized carbons (Fsp3) is 0.667. The predicted molar refractivity (Wildman–Crippen MR) is 24.5 cm³/mol. The first-order valence-corrected chi connectivity index (χ1v) is 2.12. The molecule has 0 aliphatic rings. The largest absolute Gasteiger partial charge is 0.407 e. The summed E-state index contributed by atoms with van der Waals surface area (Å²) in [5.74, 6) is 0. The highest BCUT2D eigenvalue weighted by atomic mass is 32.1. The third-order valence-electron chi connectivity index (χ3n) is 0.422. The fourth-order valence-corrected chi connectivity index (χ4v) is 0.0668. The van der Waals surface area contributed by atoms with Crippen molar-refractivity contribution < 1.29 is 18.0 Å². The van der Waals surface area contributed by atoms with Gasteiger partial charge < -0.3 is 0 Å². The van der Waals surface area contributed by atoms with E-state index in [1.807, 2.05) is 0 Å². The first kappa shape index (κ1) is 7.81. The monoisotopic (exact) mass is 143 g/mol. The molecule has 0 aliphatic carbocycles. The second kappa shape index (κ2) is 2.39. The molecule has 0 spiro atoms. The maximum Gasteiger partial charge on any atom is 0.407 e. The summed E-state index contributed by atoms with van der Waals surface area (Å²) < 4.78 is 33.3. The van der Waals surface area contributed by atoms with E-state index in [0.717, 1.165) is 0 Å². The molecule has 0 aromatic carbocycles. The summed E-state index contributed by atoms with van der Waals surface area (Å²) in [6.45, 7) is 0. The lowest BCUT2D eigenvalue weighted by atomic mass is 10.5. The Morgan fingerprint density at radius 2 is 1.88 bits per heavy atom. The zero-order valence-electron chi connectivity index (χ0n) is 3.57. The fourth-order valence-electron chi connectivity index (χ4n) is 0.0668. The van der Waals surface area contributed by atoms with E-state index < -0.39 is 11.4 Å². The van der Waals surface area contributed by atoms with Crippen LogP contribution >= 0.6 is 12.6 Å². The maximum atomic E-state index is 11.1. The van der Waals surface area contributed by atoms with Crippen LogP contribution in [0, 0.1) is 0 Å². The number of alkyl halides is 3. The van der Waals surface area contributed by atoms with Gasteiger partial charge in [-0.05, 0) is 0 Å². The second-order valence-electron chi connectivity index (χ2n) is 1.06. The standard InChI is InChI=1S/C3H2F3OS/c4-3(5,6)2(8)1-7/h2,8H. The molecular weight excluding hydrogens is 141 g/mol. The third-order valence-corrected chi connectivity index (χ3v) is 0.820. The molecule has 1 atom stereocenters. The minimum Gasteiger partial charge on any atom is -0.289 e. The highest BCUT2D eigenvalue weighted by Crippen LogP contribution is 2.22. The van der Waals surface area contributed by atoms with Crippen LogP contribution in [0.1, 0.15) is 0 Å². The Labute approximate surface area is 49.3 Å². The lowest BCUT2D eigenvalue weighted by molar-refractivity contribution is -0.116. The first-order valence-electron chi connectivity index (χ1n) is 1.61. The lowest BCUT2D eigenvalue weighted by Gasteiger charge is -2.04. The zero-order chi connectivity index (χ0) is 6.78. The number of halogens is 3. The number of rotatable bonds is 1. The molecule has 0 bridgehead atoms. The van der Waals surface area contributed by atoms with Gasteiger partial charge >= 0.3 is 6.18 Å². The summed E-state index contributed by atoms with van der Waals surface area (Å²) >= 11 is 2.86. The quantitative estimate of drug-likeness (QED) is 0.541. The van der Waals surface area contributed by atoms with E-state index in [-0.39, 0.29) is 0 Å². The molecule has 0 rings (SSSR count). The van der Waals surface area contributed by atoms with Gasteiger partial charge in [0.2, 0.25) is 6.29 Å². The number of hydrogen-bond donors (Lipinski definition) is 1. The maximum absolute atomic E-state index is 11.1. The molecule has 8 heavy (non-hydrogen) atoms. The average molecular weight is 143 g/mol. The molecular formula is C3H2F3OS. The van der Waals surface area contributed by atoms with Gasteiger partial charge in [0.15, 0.2) is 5.25 Å². The summed E-state index contributed by atoms with van der Waals surface area (Å²) in [5.41, 5.74) is 0. The van der Waals surface area contributed by atoms with Crippen molar-refractivity contribution in [3.63, 3.8) is 0 Å². The first-order chi connectivity index (χ1) is 3.48. The van der Waals surface area contributed by atoms with Crippen LogP contribution in [0.5, 0.6) is 0 Å². The molecule has 1 unspecified atom stereocenters. The van der Waals surface area contributed by atoms with Gasteiger partial charge in [-0.3, -0.25) is 4.79 Å². The van der Waals surface area contributed by atoms with Gasteiger partial charge in [0.1, 0.15) is 0 Å². The van der Waals surface area contributed by atoms with E-state index in [9.17, 15) is 18.0 Å². The molecule has 1 nitrogen and oxygen atoms in total. The van der Waals surface area contributed by atoms with Gasteiger partial charge in [-0.15, -0.1) is 0 Å². The number of hydrogen-bond acceptors (Lipinski definition) is 2. The molecule has 0 aromatic heterocycles. The van der Waals surface area contributed by atoms with Crippen molar-refractivity contribution in [2.45, 2.75) is 11.4 Å². The minimum atomic E-state index is -4.55. The summed E-state index contributed by atoms with van der Waals surface area (Å²) in [5, 5.41) is -2.26. The Morgan fingerprint density at radius 1 is 1.50 bits per heavy atom. The molecule has 0 saturated heterocycles. The highest BCUT2D eigenvalue weighted by Gasteiger charge is 2.37. The van der Waals surface area contributed by atoms with Crippen LogP contribution in [0.2, 0.25) is 0 Å². The van der Waals surface area contributed by atoms with Crippen LogP contribution in [0.4, 0.5) is 13.2 Å². The minimum absolute atomic E-state index is 0.694. The predicted octanol–water partition coefficient (Wildman–Crippen LogP) is 0.957. The van der Waals surface area contributed by atoms with Crippen molar-refractivity contribution in [2.75, 3.05) is 0 Å². The van der Waals surface area contributed by atoms with Gasteiger partial charge in [0.05, 0.1) is 0 Å². The molecule has 0 aliphatic heterocycles. The summed E-state index contributed by atoms with van der Waals surface area (Å²) in [7, 11) is 0. The molecule has 0 N–H and O–H groups in total. The molecule has 0 heterocycles. The highest BCUT2D eigenvalue weighted by molar-refractivity contribution is 7.81. The van der Waals surface area contributed by atoms with Crippen LogP contribution in [-0.4, -0.2) is 17.7 Å². The van der Waals surface area contributed by atoms with Gasteiger partial charge in [0.25, 0.3) is 0 Å². The SMILES string of the molecule is O=[C]C(S)C(F)(F)F. The van der Waals surface area contributed by atoms with Crippen LogP contribution in [0.15, 0.2) is 0 Å². The van der Waals surface area contributed by atoms with E-state index >= 15 is 0 Å². The van der Waals surface area contributed by atoms with Crippen molar-refractivity contribution in [2.24, 2.45) is 0 Å². The normalized spacial score (nSPS) is 15.5. The van der Waals surface area contributed by atoms with Crippen LogP contribution in [-0.2, 0) is 4.79 Å². The smallest absolute Gasteiger partial charge is 0.289 e. The lowest BCUT2D eigenvalue weighted by Crippen LogP contribution is -2.24. The average Bonchev–Trinajstić information content (AvgIpc) is 1.62. The van der Waals surface area contributed by atoms with Crippen molar-refractivity contribution in [1.82, 2.24) is 0 Å². The summed E-state index contributed by atoms with van der Waals surface area (Å²) in [6.07, 6.45) is -3.86. The number of carbonyl (C=O) groups excluding carboxylic acids is 1. The molecule has 0 saturated carbocycles. The molecule has 0 amide bonds. The van der Waals surface area contributed by atoms with E-state index in [4.69, 9.17) is 0 Å². The molecule has 0 aromatic rings. The third kappa shape index (κ3) is 2.20. The molecule has 5 heteroatoms. The summed E-state index contributed by atoms with van der Waals surface area (Å²) in [6, 6.07) is 0. The zero-order valence-corrected chi connectivity index (χ0v) is 4.46. The van der Waals surface area contributed by atoms with Crippen LogP contribution < -0.4 is 0 Å². The van der Waals surface area contributed by atoms with E-state index in [2.05, 4.69) is 12.6 Å². The second-order valence-corrected chi connectivity index (χ2v) is 1.58. The van der Waals surface area contributed by atoms with Gasteiger partial charge in [0, 0.05) is 0 Å². The Hall–Kier alpha value is -0.190. The Morgan fingerprint density at radius 3 is 1.88 bits per heavy atom. The van der Waals surface area contributed by atoms with Crippen molar-refractivity contribution in [3.05, 3.63) is 0 Å². The topological polar surface area (TPSA) is 17.1 Å². The van der Waals surface area contributed by atoms with E-state index in [1.165, 1.54) is 0 Å². The van der Waals surface area contributed by atoms with Crippen LogP contribution in [0.3, 0.4) is 0 Å². The van der Waals surface area contributed by atoms with Crippen LogP contribution in [0.25, 0.3) is 0 Å². The molecule has 47 valence electrons.